The predicted octanol–water partition coefficient (Wildman–Crippen LogP) is 1.71. The van der Waals surface area contributed by atoms with Crippen LogP contribution in [0.3, 0.4) is 0 Å². The van der Waals surface area contributed by atoms with Crippen molar-refractivity contribution >= 4 is 17.2 Å². The summed E-state index contributed by atoms with van der Waals surface area (Å²) in [6.07, 6.45) is 5.23. The molecule has 1 aliphatic rings. The van der Waals surface area contributed by atoms with Gasteiger partial charge >= 0.3 is 0 Å². The first-order chi connectivity index (χ1) is 11.5. The van der Waals surface area contributed by atoms with Crippen LogP contribution in [-0.4, -0.2) is 57.2 Å². The van der Waals surface area contributed by atoms with Gasteiger partial charge in [-0.25, -0.2) is 4.98 Å². The summed E-state index contributed by atoms with van der Waals surface area (Å²) in [5.74, 6) is 0.771. The normalized spacial score (nSPS) is 17.8. The van der Waals surface area contributed by atoms with E-state index in [1.165, 1.54) is 4.88 Å². The molecule has 24 heavy (non-hydrogen) atoms. The van der Waals surface area contributed by atoms with Crippen LogP contribution in [0, 0.1) is 12.8 Å². The molecule has 1 saturated heterocycles. The Balaban J connectivity index is 1.46. The van der Waals surface area contributed by atoms with E-state index < -0.39 is 0 Å². The number of aryl methyl sites for hydroxylation is 2. The van der Waals surface area contributed by atoms with Crippen molar-refractivity contribution in [1.29, 1.82) is 0 Å². The first-order valence-electron chi connectivity index (χ1n) is 8.34. The highest BCUT2D eigenvalue weighted by Crippen LogP contribution is 2.20. The summed E-state index contributed by atoms with van der Waals surface area (Å²) in [4.78, 5) is 22.4. The molecule has 2 aromatic rings. The van der Waals surface area contributed by atoms with Crippen LogP contribution < -0.4 is 0 Å². The van der Waals surface area contributed by atoms with Gasteiger partial charge in [-0.1, -0.05) is 0 Å². The number of aromatic nitrogens is 3. The van der Waals surface area contributed by atoms with Crippen molar-refractivity contribution in [3.05, 3.63) is 34.0 Å². The van der Waals surface area contributed by atoms with E-state index >= 15 is 0 Å². The van der Waals surface area contributed by atoms with Crippen molar-refractivity contribution in [3.8, 4) is 0 Å². The fourth-order valence-corrected chi connectivity index (χ4v) is 4.14. The molecule has 0 unspecified atom stereocenters. The van der Waals surface area contributed by atoms with E-state index in [0.717, 1.165) is 43.9 Å². The topological polar surface area (TPSA) is 54.3 Å². The summed E-state index contributed by atoms with van der Waals surface area (Å²) in [6, 6.07) is 0. The Bertz CT molecular complexity index is 695. The maximum absolute atomic E-state index is 12.4. The third-order valence-electron chi connectivity index (χ3n) is 4.58. The van der Waals surface area contributed by atoms with Crippen LogP contribution in [0.25, 0.3) is 0 Å². The van der Waals surface area contributed by atoms with Crippen LogP contribution in [0.5, 0.6) is 0 Å². The van der Waals surface area contributed by atoms with Gasteiger partial charge in [-0.3, -0.25) is 9.48 Å². The molecule has 0 saturated carbocycles. The molecule has 130 valence electrons. The molecule has 0 aromatic carbocycles. The molecule has 3 rings (SSSR count). The van der Waals surface area contributed by atoms with Gasteiger partial charge in [-0.2, -0.15) is 5.10 Å². The Morgan fingerprint density at radius 3 is 3.00 bits per heavy atom. The Labute approximate surface area is 147 Å². The summed E-state index contributed by atoms with van der Waals surface area (Å²) < 4.78 is 1.74. The number of likely N-dealkylation sites (tertiary alicyclic amines) is 1. The van der Waals surface area contributed by atoms with Gasteiger partial charge < -0.3 is 9.80 Å². The van der Waals surface area contributed by atoms with E-state index in [9.17, 15) is 4.79 Å². The number of carbonyl (C=O) groups excluding carboxylic acids is 1. The van der Waals surface area contributed by atoms with Crippen LogP contribution >= 0.6 is 11.3 Å². The van der Waals surface area contributed by atoms with Crippen molar-refractivity contribution in [3.63, 3.8) is 0 Å². The number of nitrogens with zero attached hydrogens (tertiary/aromatic N) is 5. The first-order valence-corrected chi connectivity index (χ1v) is 9.22. The van der Waals surface area contributed by atoms with Gasteiger partial charge in [-0.15, -0.1) is 11.3 Å². The van der Waals surface area contributed by atoms with Crippen LogP contribution in [0.4, 0.5) is 0 Å². The van der Waals surface area contributed by atoms with Gasteiger partial charge in [0.25, 0.3) is 0 Å². The van der Waals surface area contributed by atoms with Crippen molar-refractivity contribution in [2.24, 2.45) is 13.0 Å². The highest BCUT2D eigenvalue weighted by molar-refractivity contribution is 7.09. The highest BCUT2D eigenvalue weighted by atomic mass is 32.1. The molecule has 0 radical (unpaired) electrons. The fourth-order valence-electron chi connectivity index (χ4n) is 3.29. The van der Waals surface area contributed by atoms with Crippen molar-refractivity contribution in [2.45, 2.75) is 26.3 Å². The maximum atomic E-state index is 12.4. The minimum absolute atomic E-state index is 0.214. The quantitative estimate of drug-likeness (QED) is 0.798. The van der Waals surface area contributed by atoms with E-state index in [1.54, 1.807) is 22.2 Å². The average Bonchev–Trinajstić information content (AvgIpc) is 3.23. The number of rotatable bonds is 6. The molecule has 0 spiro atoms. The van der Waals surface area contributed by atoms with E-state index in [4.69, 9.17) is 0 Å². The van der Waals surface area contributed by atoms with E-state index in [1.807, 2.05) is 23.7 Å². The molecule has 1 amide bonds. The lowest BCUT2D eigenvalue weighted by Crippen LogP contribution is -2.32. The minimum Gasteiger partial charge on any atom is -0.342 e. The second kappa shape index (κ2) is 7.44. The lowest BCUT2D eigenvalue weighted by molar-refractivity contribution is -0.129. The zero-order valence-electron chi connectivity index (χ0n) is 14.6. The molecule has 1 aliphatic heterocycles. The number of amides is 1. The largest absolute Gasteiger partial charge is 0.342 e. The van der Waals surface area contributed by atoms with Crippen molar-refractivity contribution < 1.29 is 4.79 Å². The lowest BCUT2D eigenvalue weighted by Gasteiger charge is -2.21. The third-order valence-corrected chi connectivity index (χ3v) is 5.50. The Kier molecular flexibility index (Phi) is 5.30. The summed E-state index contributed by atoms with van der Waals surface area (Å²) >= 11 is 1.72. The number of carbonyl (C=O) groups is 1. The standard InChI is InChI=1S/C17H25N5OS/c1-13-16(24-12-18-13)11-20(2)8-14-4-5-22(10-14)17(23)6-15-7-19-21(3)9-15/h7,9,12,14H,4-6,8,10-11H2,1-3H3/t14-/m0/s1. The molecule has 7 heteroatoms. The van der Waals surface area contributed by atoms with Crippen LogP contribution in [0.2, 0.25) is 0 Å². The maximum Gasteiger partial charge on any atom is 0.227 e. The van der Waals surface area contributed by atoms with E-state index in [-0.39, 0.29) is 5.91 Å². The zero-order chi connectivity index (χ0) is 17.1. The van der Waals surface area contributed by atoms with Gasteiger partial charge in [0.15, 0.2) is 0 Å². The molecular weight excluding hydrogens is 322 g/mol. The van der Waals surface area contributed by atoms with E-state index in [0.29, 0.717) is 12.3 Å². The Hall–Kier alpha value is -1.73. The highest BCUT2D eigenvalue weighted by Gasteiger charge is 2.27. The number of hydrogen-bond donors (Lipinski definition) is 0. The van der Waals surface area contributed by atoms with Gasteiger partial charge in [-0.05, 0) is 31.9 Å². The molecule has 0 N–H and O–H groups in total. The first kappa shape index (κ1) is 17.1. The molecule has 3 heterocycles. The van der Waals surface area contributed by atoms with Gasteiger partial charge in [0, 0.05) is 44.3 Å². The summed E-state index contributed by atoms with van der Waals surface area (Å²) in [6.45, 7) is 5.76. The monoisotopic (exact) mass is 347 g/mol. The lowest BCUT2D eigenvalue weighted by atomic mass is 10.1. The Morgan fingerprint density at radius 2 is 2.33 bits per heavy atom. The summed E-state index contributed by atoms with van der Waals surface area (Å²) in [7, 11) is 4.03. The minimum atomic E-state index is 0.214. The third kappa shape index (κ3) is 4.21. The fraction of sp³-hybridized carbons (Fsp3) is 0.588. The molecule has 1 fully saturated rings. The summed E-state index contributed by atoms with van der Waals surface area (Å²) in [5, 5.41) is 4.13. The van der Waals surface area contributed by atoms with Crippen LogP contribution in [-0.2, 0) is 24.8 Å². The smallest absolute Gasteiger partial charge is 0.227 e. The number of hydrogen-bond acceptors (Lipinski definition) is 5. The van der Waals surface area contributed by atoms with Crippen LogP contribution in [0.15, 0.2) is 17.9 Å². The SMILES string of the molecule is Cc1ncsc1CN(C)C[C@@H]1CCN(C(=O)Cc2cnn(C)c2)C1. The van der Waals surface area contributed by atoms with Gasteiger partial charge in [0.2, 0.25) is 5.91 Å². The second-order valence-electron chi connectivity index (χ2n) is 6.75. The predicted molar refractivity (Wildman–Crippen MR) is 94.8 cm³/mol. The zero-order valence-corrected chi connectivity index (χ0v) is 15.4. The Morgan fingerprint density at radius 1 is 1.50 bits per heavy atom. The molecule has 0 bridgehead atoms. The van der Waals surface area contributed by atoms with Gasteiger partial charge in [0.05, 0.1) is 23.8 Å². The molecule has 2 aromatic heterocycles. The molecule has 1 atom stereocenters. The molecule has 0 aliphatic carbocycles. The van der Waals surface area contributed by atoms with Gasteiger partial charge in [0.1, 0.15) is 0 Å². The molecule has 6 nitrogen and oxygen atoms in total. The number of thiazole rings is 1. The molecular formula is C17H25N5OS. The average molecular weight is 347 g/mol. The van der Waals surface area contributed by atoms with Crippen molar-refractivity contribution in [2.75, 3.05) is 26.7 Å². The van der Waals surface area contributed by atoms with Crippen LogP contribution in [0.1, 0.15) is 22.6 Å². The second-order valence-corrected chi connectivity index (χ2v) is 7.69. The van der Waals surface area contributed by atoms with Crippen molar-refractivity contribution in [1.82, 2.24) is 24.6 Å². The van der Waals surface area contributed by atoms with E-state index in [2.05, 4.69) is 29.0 Å². The summed E-state index contributed by atoms with van der Waals surface area (Å²) in [5.41, 5.74) is 4.03.